The van der Waals surface area contributed by atoms with Gasteiger partial charge in [0.1, 0.15) is 0 Å². The summed E-state index contributed by atoms with van der Waals surface area (Å²) < 4.78 is 28.1. The van der Waals surface area contributed by atoms with Gasteiger partial charge in [0.15, 0.2) is 9.84 Å². The van der Waals surface area contributed by atoms with E-state index in [1.54, 1.807) is 12.0 Å². The molecule has 1 atom stereocenters. The Morgan fingerprint density at radius 3 is 2.57 bits per heavy atom. The molecule has 0 spiro atoms. The lowest BCUT2D eigenvalue weighted by Gasteiger charge is -2.30. The van der Waals surface area contributed by atoms with Gasteiger partial charge in [-0.1, -0.05) is 0 Å². The van der Waals surface area contributed by atoms with Crippen LogP contribution < -0.4 is 0 Å². The van der Waals surface area contributed by atoms with E-state index in [9.17, 15) is 13.2 Å². The largest absolute Gasteiger partial charge is 0.395 e. The number of likely N-dealkylation sites (N-methyl/N-ethyl adjacent to an activating group) is 1. The summed E-state index contributed by atoms with van der Waals surface area (Å²) in [4.78, 5) is 15.8. The fourth-order valence-electron chi connectivity index (χ4n) is 2.57. The zero-order valence-electron chi connectivity index (χ0n) is 12.8. The molecule has 0 bridgehead atoms. The Labute approximate surface area is 126 Å². The number of rotatable bonds is 9. The third-order valence-electron chi connectivity index (χ3n) is 3.70. The maximum Gasteiger partial charge on any atom is 0.237 e. The van der Waals surface area contributed by atoms with Crippen LogP contribution in [0.2, 0.25) is 0 Å². The van der Waals surface area contributed by atoms with E-state index in [0.717, 1.165) is 0 Å². The SMILES string of the molecule is CCN(C(=O)CN(CCO)CCOC)C1CCS(=O)(=O)C1. The molecule has 124 valence electrons. The second-order valence-electron chi connectivity index (χ2n) is 5.23. The molecule has 1 aliphatic rings. The van der Waals surface area contributed by atoms with Crippen LogP contribution in [0.3, 0.4) is 0 Å². The molecule has 21 heavy (non-hydrogen) atoms. The molecule has 0 aromatic carbocycles. The maximum absolute atomic E-state index is 12.4. The first-order valence-electron chi connectivity index (χ1n) is 7.25. The van der Waals surface area contributed by atoms with Gasteiger partial charge in [-0.15, -0.1) is 0 Å². The molecule has 8 heteroatoms. The highest BCUT2D eigenvalue weighted by Crippen LogP contribution is 2.18. The molecule has 1 fully saturated rings. The number of hydrogen-bond acceptors (Lipinski definition) is 6. The molecule has 0 radical (unpaired) electrons. The summed E-state index contributed by atoms with van der Waals surface area (Å²) in [6.45, 7) is 3.94. The fourth-order valence-corrected chi connectivity index (χ4v) is 4.30. The standard InChI is InChI=1S/C13H26N2O5S/c1-3-15(12-4-9-21(18,19)11-12)13(17)10-14(5-7-16)6-8-20-2/h12,16H,3-11H2,1-2H3. The van der Waals surface area contributed by atoms with Gasteiger partial charge in [0.25, 0.3) is 0 Å². The van der Waals surface area contributed by atoms with E-state index in [0.29, 0.717) is 32.7 Å². The Bertz CT molecular complexity index is 426. The Hall–Kier alpha value is -0.700. The van der Waals surface area contributed by atoms with Gasteiger partial charge in [0.05, 0.1) is 31.3 Å². The topological polar surface area (TPSA) is 87.2 Å². The number of hydrogen-bond donors (Lipinski definition) is 1. The molecule has 1 rings (SSSR count). The van der Waals surface area contributed by atoms with Crippen molar-refractivity contribution in [3.63, 3.8) is 0 Å². The van der Waals surface area contributed by atoms with Crippen LogP contribution >= 0.6 is 0 Å². The number of aliphatic hydroxyl groups excluding tert-OH is 1. The van der Waals surface area contributed by atoms with Crippen molar-refractivity contribution in [2.24, 2.45) is 0 Å². The first-order valence-corrected chi connectivity index (χ1v) is 9.07. The van der Waals surface area contributed by atoms with E-state index in [4.69, 9.17) is 9.84 Å². The Balaban J connectivity index is 2.61. The molecule has 7 nitrogen and oxygen atoms in total. The fraction of sp³-hybridized carbons (Fsp3) is 0.923. The maximum atomic E-state index is 12.4. The average Bonchev–Trinajstić information content (AvgIpc) is 2.77. The number of ether oxygens (including phenoxy) is 1. The van der Waals surface area contributed by atoms with Gasteiger partial charge in [-0.05, 0) is 13.3 Å². The van der Waals surface area contributed by atoms with Gasteiger partial charge in [0, 0.05) is 32.8 Å². The summed E-state index contributed by atoms with van der Waals surface area (Å²) in [6, 6.07) is -0.217. The van der Waals surface area contributed by atoms with Crippen LogP contribution in [0.1, 0.15) is 13.3 Å². The predicted molar refractivity (Wildman–Crippen MR) is 79.8 cm³/mol. The molecule has 1 N–H and O–H groups in total. The van der Waals surface area contributed by atoms with Crippen molar-refractivity contribution in [3.8, 4) is 0 Å². The number of carbonyl (C=O) groups excluding carboxylic acids is 1. The van der Waals surface area contributed by atoms with Crippen LogP contribution in [0.15, 0.2) is 0 Å². The molecule has 0 aliphatic carbocycles. The molecular formula is C13H26N2O5S. The molecule has 0 aromatic rings. The van der Waals surface area contributed by atoms with Crippen LogP contribution in [0.5, 0.6) is 0 Å². The molecule has 1 unspecified atom stereocenters. The number of carbonyl (C=O) groups is 1. The van der Waals surface area contributed by atoms with E-state index in [1.807, 2.05) is 11.8 Å². The first-order chi connectivity index (χ1) is 9.93. The van der Waals surface area contributed by atoms with Crippen molar-refractivity contribution in [1.82, 2.24) is 9.80 Å². The minimum absolute atomic E-state index is 0.0269. The highest BCUT2D eigenvalue weighted by molar-refractivity contribution is 7.91. The second kappa shape index (κ2) is 8.67. The Kier molecular flexibility index (Phi) is 7.58. The number of amides is 1. The quantitative estimate of drug-likeness (QED) is 0.584. The van der Waals surface area contributed by atoms with E-state index >= 15 is 0 Å². The van der Waals surface area contributed by atoms with E-state index in [-0.39, 0.29) is 36.6 Å². The predicted octanol–water partition coefficient (Wildman–Crippen LogP) is -1.04. The summed E-state index contributed by atoms with van der Waals surface area (Å²) in [7, 11) is -1.42. The lowest BCUT2D eigenvalue weighted by atomic mass is 10.2. The van der Waals surface area contributed by atoms with Gasteiger partial charge in [-0.3, -0.25) is 9.69 Å². The normalized spacial score (nSPS) is 20.9. The zero-order chi connectivity index (χ0) is 15.9. The van der Waals surface area contributed by atoms with E-state index in [2.05, 4.69) is 0 Å². The Morgan fingerprint density at radius 1 is 1.38 bits per heavy atom. The van der Waals surface area contributed by atoms with Crippen LogP contribution in [0.25, 0.3) is 0 Å². The Morgan fingerprint density at radius 2 is 2.10 bits per heavy atom. The molecule has 1 aliphatic heterocycles. The molecule has 1 saturated heterocycles. The van der Waals surface area contributed by atoms with Crippen molar-refractivity contribution < 1.29 is 23.1 Å². The van der Waals surface area contributed by atoms with Crippen molar-refractivity contribution in [2.45, 2.75) is 19.4 Å². The van der Waals surface area contributed by atoms with Gasteiger partial charge in [0.2, 0.25) is 5.91 Å². The molecular weight excluding hydrogens is 296 g/mol. The zero-order valence-corrected chi connectivity index (χ0v) is 13.6. The third-order valence-corrected chi connectivity index (χ3v) is 5.45. The van der Waals surface area contributed by atoms with Gasteiger partial charge in [-0.25, -0.2) is 8.42 Å². The van der Waals surface area contributed by atoms with Gasteiger partial charge in [-0.2, -0.15) is 0 Å². The van der Waals surface area contributed by atoms with Crippen molar-refractivity contribution >= 4 is 15.7 Å². The molecule has 1 amide bonds. The molecule has 0 saturated carbocycles. The van der Waals surface area contributed by atoms with Crippen molar-refractivity contribution in [2.75, 3.05) is 58.0 Å². The van der Waals surface area contributed by atoms with Crippen LogP contribution in [-0.4, -0.2) is 93.3 Å². The van der Waals surface area contributed by atoms with E-state index in [1.165, 1.54) is 0 Å². The second-order valence-corrected chi connectivity index (χ2v) is 7.46. The summed E-state index contributed by atoms with van der Waals surface area (Å²) in [5.74, 6) is 0.125. The molecule has 0 aromatic heterocycles. The first kappa shape index (κ1) is 18.3. The van der Waals surface area contributed by atoms with Crippen LogP contribution in [0.4, 0.5) is 0 Å². The number of methoxy groups -OCH3 is 1. The number of sulfone groups is 1. The average molecular weight is 322 g/mol. The lowest BCUT2D eigenvalue weighted by molar-refractivity contribution is -0.134. The van der Waals surface area contributed by atoms with Crippen molar-refractivity contribution in [1.29, 1.82) is 0 Å². The number of nitrogens with zero attached hydrogens (tertiary/aromatic N) is 2. The highest BCUT2D eigenvalue weighted by Gasteiger charge is 2.34. The smallest absolute Gasteiger partial charge is 0.237 e. The third kappa shape index (κ3) is 5.90. The summed E-state index contributed by atoms with van der Waals surface area (Å²) in [5.41, 5.74) is 0. The minimum Gasteiger partial charge on any atom is -0.395 e. The van der Waals surface area contributed by atoms with Gasteiger partial charge < -0.3 is 14.7 Å². The van der Waals surface area contributed by atoms with Crippen molar-refractivity contribution in [3.05, 3.63) is 0 Å². The van der Waals surface area contributed by atoms with Crippen LogP contribution in [0, 0.1) is 0 Å². The summed E-state index contributed by atoms with van der Waals surface area (Å²) in [6.07, 6.45) is 0.514. The monoisotopic (exact) mass is 322 g/mol. The highest BCUT2D eigenvalue weighted by atomic mass is 32.2. The molecule has 1 heterocycles. The number of aliphatic hydroxyl groups is 1. The summed E-state index contributed by atoms with van der Waals surface area (Å²) >= 11 is 0. The summed E-state index contributed by atoms with van der Waals surface area (Å²) in [5, 5.41) is 9.04. The van der Waals surface area contributed by atoms with E-state index < -0.39 is 9.84 Å². The van der Waals surface area contributed by atoms with Crippen LogP contribution in [-0.2, 0) is 19.4 Å². The lowest BCUT2D eigenvalue weighted by Crippen LogP contribution is -2.47. The van der Waals surface area contributed by atoms with Gasteiger partial charge >= 0.3 is 0 Å². The minimum atomic E-state index is -3.00.